The summed E-state index contributed by atoms with van der Waals surface area (Å²) < 4.78 is 34.7. The summed E-state index contributed by atoms with van der Waals surface area (Å²) in [6, 6.07) is 11.0. The van der Waals surface area contributed by atoms with Gasteiger partial charge in [0.2, 0.25) is 5.91 Å². The van der Waals surface area contributed by atoms with Crippen molar-refractivity contribution in [1.82, 2.24) is 0 Å². The van der Waals surface area contributed by atoms with E-state index in [0.717, 1.165) is 0 Å². The van der Waals surface area contributed by atoms with Gasteiger partial charge in [0, 0.05) is 18.2 Å². The molecule has 134 valence electrons. The molecule has 0 saturated heterocycles. The van der Waals surface area contributed by atoms with Gasteiger partial charge < -0.3 is 14.8 Å². The van der Waals surface area contributed by atoms with Crippen molar-refractivity contribution in [2.45, 2.75) is 11.3 Å². The fraction of sp³-hybridized carbons (Fsp3) is 0.235. The number of amides is 1. The van der Waals surface area contributed by atoms with E-state index in [-0.39, 0.29) is 22.1 Å². The second kappa shape index (κ2) is 8.22. The van der Waals surface area contributed by atoms with Crippen LogP contribution in [0.15, 0.2) is 47.4 Å². The number of anilines is 1. The normalized spacial score (nSPS) is 11.0. The van der Waals surface area contributed by atoms with Gasteiger partial charge in [0.15, 0.2) is 9.84 Å². The molecule has 0 unspecified atom stereocenters. The van der Waals surface area contributed by atoms with Crippen LogP contribution < -0.4 is 14.8 Å². The molecule has 0 radical (unpaired) electrons. The van der Waals surface area contributed by atoms with Crippen LogP contribution in [0, 0.1) is 0 Å². The lowest BCUT2D eigenvalue weighted by Crippen LogP contribution is -2.17. The number of halogens is 1. The number of benzene rings is 2. The summed E-state index contributed by atoms with van der Waals surface area (Å²) in [4.78, 5) is 12.0. The van der Waals surface area contributed by atoms with Crippen LogP contribution in [-0.4, -0.2) is 34.3 Å². The Morgan fingerprint density at radius 2 is 1.88 bits per heavy atom. The first kappa shape index (κ1) is 19.1. The standard InChI is InChI=1S/C17H18ClNO5S/c1-23-13-5-3-4-12(10-13)19-17(20)8-9-25(21,22)14-6-7-16(24-2)15(18)11-14/h3-7,10-11H,8-9H2,1-2H3,(H,19,20). The third-order valence-corrected chi connectivity index (χ3v) is 5.44. The Morgan fingerprint density at radius 1 is 1.12 bits per heavy atom. The quantitative estimate of drug-likeness (QED) is 0.794. The molecule has 0 spiro atoms. The van der Waals surface area contributed by atoms with Gasteiger partial charge in [-0.2, -0.15) is 0 Å². The number of hydrogen-bond acceptors (Lipinski definition) is 5. The predicted molar refractivity (Wildman–Crippen MR) is 96.3 cm³/mol. The molecule has 0 bridgehead atoms. The molecule has 0 fully saturated rings. The molecule has 0 saturated carbocycles. The maximum atomic E-state index is 12.3. The van der Waals surface area contributed by atoms with Gasteiger partial charge in [0.05, 0.1) is 29.9 Å². The predicted octanol–water partition coefficient (Wildman–Crippen LogP) is 3.16. The van der Waals surface area contributed by atoms with Gasteiger partial charge >= 0.3 is 0 Å². The fourth-order valence-corrected chi connectivity index (χ4v) is 3.69. The van der Waals surface area contributed by atoms with Crippen LogP contribution in [-0.2, 0) is 14.6 Å². The first-order valence-corrected chi connectivity index (χ1v) is 9.39. The van der Waals surface area contributed by atoms with E-state index < -0.39 is 15.7 Å². The molecule has 0 aliphatic rings. The maximum Gasteiger partial charge on any atom is 0.225 e. The molecule has 2 aromatic rings. The third kappa shape index (κ3) is 5.11. The van der Waals surface area contributed by atoms with Crippen LogP contribution in [0.5, 0.6) is 11.5 Å². The Kier molecular flexibility index (Phi) is 6.27. The van der Waals surface area contributed by atoms with Crippen molar-refractivity contribution in [3.05, 3.63) is 47.5 Å². The third-order valence-electron chi connectivity index (χ3n) is 3.43. The second-order valence-electron chi connectivity index (χ2n) is 5.15. The summed E-state index contributed by atoms with van der Waals surface area (Å²) in [5, 5.41) is 2.84. The highest BCUT2D eigenvalue weighted by Crippen LogP contribution is 2.27. The van der Waals surface area contributed by atoms with E-state index in [1.165, 1.54) is 32.4 Å². The van der Waals surface area contributed by atoms with Crippen molar-refractivity contribution < 1.29 is 22.7 Å². The van der Waals surface area contributed by atoms with E-state index >= 15 is 0 Å². The minimum atomic E-state index is -3.63. The average Bonchev–Trinajstić information content (AvgIpc) is 2.60. The number of carbonyl (C=O) groups excluding carboxylic acids is 1. The highest BCUT2D eigenvalue weighted by molar-refractivity contribution is 7.91. The summed E-state index contributed by atoms with van der Waals surface area (Å²) in [5.41, 5.74) is 0.536. The molecule has 0 aromatic heterocycles. The number of hydrogen-bond donors (Lipinski definition) is 1. The van der Waals surface area contributed by atoms with Gasteiger partial charge in [0.1, 0.15) is 11.5 Å². The van der Waals surface area contributed by atoms with Crippen LogP contribution >= 0.6 is 11.6 Å². The van der Waals surface area contributed by atoms with Crippen molar-refractivity contribution in [2.75, 3.05) is 25.3 Å². The van der Waals surface area contributed by atoms with Crippen molar-refractivity contribution in [2.24, 2.45) is 0 Å². The highest BCUT2D eigenvalue weighted by Gasteiger charge is 2.18. The van der Waals surface area contributed by atoms with Gasteiger partial charge in [-0.25, -0.2) is 8.42 Å². The Bertz CT molecular complexity index is 867. The Balaban J connectivity index is 2.01. The number of sulfone groups is 1. The number of carbonyl (C=O) groups is 1. The Labute approximate surface area is 151 Å². The van der Waals surface area contributed by atoms with Gasteiger partial charge in [-0.15, -0.1) is 0 Å². The molecule has 0 aliphatic heterocycles. The average molecular weight is 384 g/mol. The minimum Gasteiger partial charge on any atom is -0.497 e. The first-order chi connectivity index (χ1) is 11.9. The van der Waals surface area contributed by atoms with Crippen LogP contribution in [0.4, 0.5) is 5.69 Å². The SMILES string of the molecule is COc1cccc(NC(=O)CCS(=O)(=O)c2ccc(OC)c(Cl)c2)c1. The molecular weight excluding hydrogens is 366 g/mol. The molecule has 0 heterocycles. The number of ether oxygens (including phenoxy) is 2. The second-order valence-corrected chi connectivity index (χ2v) is 7.66. The Morgan fingerprint density at radius 3 is 2.52 bits per heavy atom. The fourth-order valence-electron chi connectivity index (χ4n) is 2.11. The van der Waals surface area contributed by atoms with Gasteiger partial charge in [-0.1, -0.05) is 17.7 Å². The lowest BCUT2D eigenvalue weighted by Gasteiger charge is -2.09. The number of rotatable bonds is 7. The van der Waals surface area contributed by atoms with Crippen LogP contribution in [0.1, 0.15) is 6.42 Å². The monoisotopic (exact) mass is 383 g/mol. The Hall–Kier alpha value is -2.25. The maximum absolute atomic E-state index is 12.3. The molecule has 25 heavy (non-hydrogen) atoms. The highest BCUT2D eigenvalue weighted by atomic mass is 35.5. The van der Waals surface area contributed by atoms with Crippen molar-refractivity contribution >= 4 is 33.0 Å². The van der Waals surface area contributed by atoms with Crippen LogP contribution in [0.2, 0.25) is 5.02 Å². The summed E-state index contributed by atoms with van der Waals surface area (Å²) in [6.07, 6.45) is -0.177. The van der Waals surface area contributed by atoms with E-state index in [2.05, 4.69) is 5.32 Å². The van der Waals surface area contributed by atoms with Gasteiger partial charge in [0.25, 0.3) is 0 Å². The van der Waals surface area contributed by atoms with E-state index in [1.807, 2.05) is 0 Å². The lowest BCUT2D eigenvalue weighted by molar-refractivity contribution is -0.115. The number of methoxy groups -OCH3 is 2. The summed E-state index contributed by atoms with van der Waals surface area (Å²) >= 11 is 5.95. The molecule has 6 nitrogen and oxygen atoms in total. The molecule has 2 rings (SSSR count). The molecule has 0 atom stereocenters. The van der Waals surface area contributed by atoms with Crippen LogP contribution in [0.3, 0.4) is 0 Å². The largest absolute Gasteiger partial charge is 0.497 e. The minimum absolute atomic E-state index is 0.0486. The van der Waals surface area contributed by atoms with Gasteiger partial charge in [-0.05, 0) is 30.3 Å². The zero-order chi connectivity index (χ0) is 18.4. The first-order valence-electron chi connectivity index (χ1n) is 7.36. The summed E-state index contributed by atoms with van der Waals surface area (Å²) in [7, 11) is -0.669. The van der Waals surface area contributed by atoms with Crippen molar-refractivity contribution in [1.29, 1.82) is 0 Å². The topological polar surface area (TPSA) is 81.7 Å². The lowest BCUT2D eigenvalue weighted by atomic mass is 10.3. The molecule has 1 amide bonds. The van der Waals surface area contributed by atoms with E-state index in [1.54, 1.807) is 24.3 Å². The summed E-state index contributed by atoms with van der Waals surface area (Å²) in [6.45, 7) is 0. The smallest absolute Gasteiger partial charge is 0.225 e. The zero-order valence-corrected chi connectivity index (χ0v) is 15.4. The summed E-state index contributed by atoms with van der Waals surface area (Å²) in [5.74, 6) is 0.247. The molecular formula is C17H18ClNO5S. The van der Waals surface area contributed by atoms with Crippen molar-refractivity contribution in [3.8, 4) is 11.5 Å². The molecule has 8 heteroatoms. The zero-order valence-electron chi connectivity index (χ0n) is 13.8. The van der Waals surface area contributed by atoms with Gasteiger partial charge in [-0.3, -0.25) is 4.79 Å². The van der Waals surface area contributed by atoms with E-state index in [9.17, 15) is 13.2 Å². The van der Waals surface area contributed by atoms with E-state index in [0.29, 0.717) is 17.2 Å². The molecule has 1 N–H and O–H groups in total. The molecule has 2 aromatic carbocycles. The van der Waals surface area contributed by atoms with E-state index in [4.69, 9.17) is 21.1 Å². The van der Waals surface area contributed by atoms with Crippen LogP contribution in [0.25, 0.3) is 0 Å². The number of nitrogens with one attached hydrogen (secondary N) is 1. The van der Waals surface area contributed by atoms with Crippen molar-refractivity contribution in [3.63, 3.8) is 0 Å². The molecule has 0 aliphatic carbocycles.